The Labute approximate surface area is 210 Å². The molecule has 0 saturated carbocycles. The molecular weight excluding hydrogens is 466 g/mol. The van der Waals surface area contributed by atoms with Gasteiger partial charge in [-0.1, -0.05) is 23.9 Å². The maximum absolute atomic E-state index is 12.8. The van der Waals surface area contributed by atoms with Gasteiger partial charge in [0, 0.05) is 11.4 Å². The van der Waals surface area contributed by atoms with Crippen LogP contribution in [0, 0.1) is 13.8 Å². The summed E-state index contributed by atoms with van der Waals surface area (Å²) in [5, 5.41) is 6.60. The Morgan fingerprint density at radius 3 is 2.43 bits per heavy atom. The van der Waals surface area contributed by atoms with Crippen molar-refractivity contribution >= 4 is 34.5 Å². The third-order valence-corrected chi connectivity index (χ3v) is 6.45. The Morgan fingerprint density at radius 2 is 1.77 bits per heavy atom. The number of benzene rings is 2. The summed E-state index contributed by atoms with van der Waals surface area (Å²) in [4.78, 5) is 30.1. The molecule has 2 aromatic rings. The van der Waals surface area contributed by atoms with Crippen molar-refractivity contribution in [2.75, 3.05) is 31.9 Å². The second kappa shape index (κ2) is 11.8. The molecule has 9 heteroatoms. The number of allylic oxidation sites excluding steroid dienone is 1. The first-order valence-electron chi connectivity index (χ1n) is 11.2. The van der Waals surface area contributed by atoms with E-state index in [0.717, 1.165) is 16.8 Å². The van der Waals surface area contributed by atoms with Gasteiger partial charge in [-0.3, -0.25) is 4.79 Å². The Hall–Kier alpha value is -3.46. The normalized spacial score (nSPS) is 15.1. The highest BCUT2D eigenvalue weighted by atomic mass is 32.2. The molecule has 186 valence electrons. The molecule has 1 heterocycles. The van der Waals surface area contributed by atoms with Crippen molar-refractivity contribution in [1.29, 1.82) is 0 Å². The Morgan fingerprint density at radius 1 is 1.03 bits per heavy atom. The number of amidine groups is 1. The maximum atomic E-state index is 12.8. The monoisotopic (exact) mass is 497 g/mol. The van der Waals surface area contributed by atoms with E-state index in [-0.39, 0.29) is 18.3 Å². The van der Waals surface area contributed by atoms with Crippen molar-refractivity contribution in [3.05, 3.63) is 64.4 Å². The molecule has 0 aliphatic carbocycles. The number of carbonyl (C=O) groups excluding carboxylic acids is 2. The third kappa shape index (κ3) is 6.36. The summed E-state index contributed by atoms with van der Waals surface area (Å²) in [7, 11) is 3.11. The minimum Gasteiger partial charge on any atom is -0.493 e. The van der Waals surface area contributed by atoms with E-state index in [1.807, 2.05) is 38.1 Å². The molecule has 0 fully saturated rings. The van der Waals surface area contributed by atoms with Gasteiger partial charge in [0.1, 0.15) is 6.04 Å². The fraction of sp³-hybridized carbons (Fsp3) is 0.346. The van der Waals surface area contributed by atoms with E-state index >= 15 is 0 Å². The van der Waals surface area contributed by atoms with Crippen molar-refractivity contribution < 1.29 is 23.8 Å². The zero-order valence-electron chi connectivity index (χ0n) is 20.9. The molecule has 1 aliphatic heterocycles. The summed E-state index contributed by atoms with van der Waals surface area (Å²) in [6.07, 6.45) is 0. The molecule has 0 aromatic heterocycles. The van der Waals surface area contributed by atoms with Crippen LogP contribution in [-0.4, -0.2) is 43.6 Å². The molecule has 1 amide bonds. The zero-order valence-corrected chi connectivity index (χ0v) is 21.7. The van der Waals surface area contributed by atoms with Crippen LogP contribution < -0.4 is 20.1 Å². The van der Waals surface area contributed by atoms with Gasteiger partial charge in [0.25, 0.3) is 0 Å². The van der Waals surface area contributed by atoms with E-state index < -0.39 is 12.0 Å². The third-order valence-electron chi connectivity index (χ3n) is 5.57. The number of rotatable bonds is 8. The molecule has 35 heavy (non-hydrogen) atoms. The summed E-state index contributed by atoms with van der Waals surface area (Å²) in [6.45, 7) is 7.83. The molecular formula is C26H31N3O5S. The van der Waals surface area contributed by atoms with E-state index in [0.29, 0.717) is 27.9 Å². The highest BCUT2D eigenvalue weighted by Crippen LogP contribution is 2.37. The van der Waals surface area contributed by atoms with Crippen molar-refractivity contribution in [3.8, 4) is 11.5 Å². The fourth-order valence-electron chi connectivity index (χ4n) is 3.61. The summed E-state index contributed by atoms with van der Waals surface area (Å²) in [5.74, 6) is 0.659. The SMILES string of the molecule is CCOC(=O)C1=C(C)NC(SCC(=O)Nc2ccc(C)c(C)c2)=N[C@H]1c1ccc(OC)c(OC)c1. The minimum atomic E-state index is -0.625. The quantitative estimate of drug-likeness (QED) is 0.517. The van der Waals surface area contributed by atoms with Crippen LogP contribution in [0.3, 0.4) is 0 Å². The number of ether oxygens (including phenoxy) is 3. The lowest BCUT2D eigenvalue weighted by molar-refractivity contribution is -0.139. The number of methoxy groups -OCH3 is 2. The number of aliphatic imine (C=N–C) groups is 1. The first-order valence-corrected chi connectivity index (χ1v) is 12.2. The lowest BCUT2D eigenvalue weighted by Gasteiger charge is -2.26. The Bertz CT molecular complexity index is 1180. The van der Waals surface area contributed by atoms with Crippen LogP contribution in [0.15, 0.2) is 52.7 Å². The van der Waals surface area contributed by atoms with Crippen molar-refractivity contribution in [2.24, 2.45) is 4.99 Å². The highest BCUT2D eigenvalue weighted by molar-refractivity contribution is 8.14. The van der Waals surface area contributed by atoms with Gasteiger partial charge < -0.3 is 24.8 Å². The van der Waals surface area contributed by atoms with Gasteiger partial charge in [0.05, 0.1) is 32.2 Å². The first kappa shape index (κ1) is 26.2. The molecule has 0 radical (unpaired) electrons. The van der Waals surface area contributed by atoms with Crippen LogP contribution in [0.2, 0.25) is 0 Å². The number of anilines is 1. The number of amides is 1. The zero-order chi connectivity index (χ0) is 25.5. The van der Waals surface area contributed by atoms with Gasteiger partial charge in [0.2, 0.25) is 5.91 Å². The molecule has 3 rings (SSSR count). The Kier molecular flexibility index (Phi) is 8.81. The number of aryl methyl sites for hydroxylation is 2. The van der Waals surface area contributed by atoms with E-state index in [2.05, 4.69) is 10.6 Å². The number of hydrogen-bond donors (Lipinski definition) is 2. The second-order valence-electron chi connectivity index (χ2n) is 7.97. The molecule has 2 aromatic carbocycles. The van der Waals surface area contributed by atoms with Crippen LogP contribution in [-0.2, 0) is 14.3 Å². The smallest absolute Gasteiger partial charge is 0.338 e. The van der Waals surface area contributed by atoms with E-state index in [1.54, 1.807) is 40.2 Å². The van der Waals surface area contributed by atoms with Crippen LogP contribution in [0.5, 0.6) is 11.5 Å². The minimum absolute atomic E-state index is 0.150. The molecule has 0 bridgehead atoms. The van der Waals surface area contributed by atoms with E-state index in [9.17, 15) is 9.59 Å². The van der Waals surface area contributed by atoms with Gasteiger partial charge in [-0.05, 0) is 68.7 Å². The number of hydrogen-bond acceptors (Lipinski definition) is 8. The summed E-state index contributed by atoms with van der Waals surface area (Å²) < 4.78 is 16.1. The average molecular weight is 498 g/mol. The molecule has 2 N–H and O–H groups in total. The lowest BCUT2D eigenvalue weighted by atomic mass is 9.96. The van der Waals surface area contributed by atoms with E-state index in [4.69, 9.17) is 19.2 Å². The van der Waals surface area contributed by atoms with Crippen LogP contribution >= 0.6 is 11.8 Å². The first-order chi connectivity index (χ1) is 16.8. The number of esters is 1. The van der Waals surface area contributed by atoms with Crippen LogP contribution in [0.1, 0.15) is 36.6 Å². The Balaban J connectivity index is 1.82. The molecule has 1 atom stereocenters. The van der Waals surface area contributed by atoms with Crippen molar-refractivity contribution in [2.45, 2.75) is 33.7 Å². The predicted octanol–water partition coefficient (Wildman–Crippen LogP) is 4.53. The topological polar surface area (TPSA) is 98.2 Å². The second-order valence-corrected chi connectivity index (χ2v) is 8.94. The number of nitrogens with zero attached hydrogens (tertiary/aromatic N) is 1. The lowest BCUT2D eigenvalue weighted by Crippen LogP contribution is -2.31. The molecule has 0 saturated heterocycles. The number of nitrogens with one attached hydrogen (secondary N) is 2. The van der Waals surface area contributed by atoms with Gasteiger partial charge in [-0.2, -0.15) is 0 Å². The number of thioether (sulfide) groups is 1. The largest absolute Gasteiger partial charge is 0.493 e. The fourth-order valence-corrected chi connectivity index (χ4v) is 4.35. The molecule has 1 aliphatic rings. The highest BCUT2D eigenvalue weighted by Gasteiger charge is 2.31. The van der Waals surface area contributed by atoms with Crippen molar-refractivity contribution in [1.82, 2.24) is 5.32 Å². The average Bonchev–Trinajstić information content (AvgIpc) is 2.84. The van der Waals surface area contributed by atoms with Gasteiger partial charge in [0.15, 0.2) is 16.7 Å². The summed E-state index contributed by atoms with van der Waals surface area (Å²) in [5.41, 5.74) is 4.79. The summed E-state index contributed by atoms with van der Waals surface area (Å²) >= 11 is 1.26. The molecule has 0 unspecified atom stereocenters. The van der Waals surface area contributed by atoms with Crippen LogP contribution in [0.25, 0.3) is 0 Å². The van der Waals surface area contributed by atoms with Crippen molar-refractivity contribution in [3.63, 3.8) is 0 Å². The predicted molar refractivity (Wildman–Crippen MR) is 139 cm³/mol. The standard InChI is InChI=1S/C26H31N3O5S/c1-7-34-25(31)23-17(4)27-26(29-24(23)18-9-11-20(32-5)21(13-18)33-6)35-14-22(30)28-19-10-8-15(2)16(3)12-19/h8-13,24H,7,14H2,1-6H3,(H,27,29)(H,28,30)/t24-/m0/s1. The van der Waals surface area contributed by atoms with Gasteiger partial charge >= 0.3 is 5.97 Å². The number of carbonyl (C=O) groups is 2. The molecule has 8 nitrogen and oxygen atoms in total. The van der Waals surface area contributed by atoms with Gasteiger partial charge in [-0.25, -0.2) is 9.79 Å². The maximum Gasteiger partial charge on any atom is 0.338 e. The van der Waals surface area contributed by atoms with E-state index in [1.165, 1.54) is 17.3 Å². The molecule has 0 spiro atoms. The van der Waals surface area contributed by atoms with Gasteiger partial charge in [-0.15, -0.1) is 0 Å². The van der Waals surface area contributed by atoms with Crippen LogP contribution in [0.4, 0.5) is 5.69 Å². The summed E-state index contributed by atoms with van der Waals surface area (Å²) in [6, 6.07) is 10.6.